The van der Waals surface area contributed by atoms with Crippen LogP contribution < -0.4 is 0 Å². The third-order valence-electron chi connectivity index (χ3n) is 3.21. The van der Waals surface area contributed by atoms with Crippen molar-refractivity contribution in [3.8, 4) is 0 Å². The van der Waals surface area contributed by atoms with Crippen molar-refractivity contribution in [3.63, 3.8) is 0 Å². The van der Waals surface area contributed by atoms with Crippen LogP contribution in [0.5, 0.6) is 0 Å². The summed E-state index contributed by atoms with van der Waals surface area (Å²) < 4.78 is 0. The molecular weight excluding hydrogens is 288 g/mol. The van der Waals surface area contributed by atoms with Crippen LogP contribution in [-0.2, 0) is 6.42 Å². The van der Waals surface area contributed by atoms with E-state index < -0.39 is 0 Å². The van der Waals surface area contributed by atoms with E-state index >= 15 is 0 Å². The van der Waals surface area contributed by atoms with Crippen LogP contribution in [0.3, 0.4) is 0 Å². The van der Waals surface area contributed by atoms with Crippen LogP contribution in [0.1, 0.15) is 61.9 Å². The van der Waals surface area contributed by atoms with Gasteiger partial charge in [0, 0.05) is 10.4 Å². The Bertz CT molecular complexity index is 356. The maximum Gasteiger partial charge on any atom is 0.159 e. The van der Waals surface area contributed by atoms with E-state index in [1.165, 1.54) is 37.7 Å². The summed E-state index contributed by atoms with van der Waals surface area (Å²) in [7, 11) is 0. The van der Waals surface area contributed by atoms with Crippen molar-refractivity contribution in [2.45, 2.75) is 57.2 Å². The number of ketones is 1. The van der Waals surface area contributed by atoms with E-state index in [2.05, 4.69) is 35.0 Å². The van der Waals surface area contributed by atoms with Crippen LogP contribution >= 0.6 is 15.9 Å². The maximum atomic E-state index is 11.2. The van der Waals surface area contributed by atoms with Crippen molar-refractivity contribution >= 4 is 21.7 Å². The van der Waals surface area contributed by atoms with Gasteiger partial charge in [0.15, 0.2) is 5.78 Å². The molecule has 1 unspecified atom stereocenters. The van der Waals surface area contributed by atoms with Gasteiger partial charge < -0.3 is 0 Å². The fraction of sp³-hybridized carbons (Fsp3) is 0.562. The summed E-state index contributed by atoms with van der Waals surface area (Å²) in [5, 5.41) is 0. The minimum Gasteiger partial charge on any atom is -0.295 e. The van der Waals surface area contributed by atoms with Crippen molar-refractivity contribution in [1.82, 2.24) is 0 Å². The molecule has 1 atom stereocenters. The van der Waals surface area contributed by atoms with Crippen LogP contribution in [0, 0.1) is 0 Å². The molecule has 2 heteroatoms. The number of unbranched alkanes of at least 4 members (excludes halogenated alkanes) is 1. The maximum absolute atomic E-state index is 11.2. The van der Waals surface area contributed by atoms with Gasteiger partial charge in [-0.1, -0.05) is 60.0 Å². The zero-order valence-corrected chi connectivity index (χ0v) is 13.0. The lowest BCUT2D eigenvalue weighted by Crippen LogP contribution is -1.99. The van der Waals surface area contributed by atoms with Gasteiger partial charge in [-0.2, -0.15) is 0 Å². The second-order valence-corrected chi connectivity index (χ2v) is 6.18. The molecule has 18 heavy (non-hydrogen) atoms. The number of aryl methyl sites for hydroxylation is 1. The van der Waals surface area contributed by atoms with Crippen molar-refractivity contribution < 1.29 is 4.79 Å². The topological polar surface area (TPSA) is 17.1 Å². The minimum atomic E-state index is 0.140. The van der Waals surface area contributed by atoms with Crippen LogP contribution in [0.15, 0.2) is 24.3 Å². The van der Waals surface area contributed by atoms with E-state index in [4.69, 9.17) is 0 Å². The lowest BCUT2D eigenvalue weighted by Gasteiger charge is -2.08. The lowest BCUT2D eigenvalue weighted by molar-refractivity contribution is 0.101. The number of carbonyl (C=O) groups is 1. The number of carbonyl (C=O) groups excluding carboxylic acids is 1. The highest BCUT2D eigenvalue weighted by Gasteiger charge is 2.04. The van der Waals surface area contributed by atoms with Gasteiger partial charge in [0.05, 0.1) is 0 Å². The predicted octanol–water partition coefficient (Wildman–Crippen LogP) is 5.17. The highest BCUT2D eigenvalue weighted by Crippen LogP contribution is 2.17. The van der Waals surface area contributed by atoms with Crippen LogP contribution in [0.4, 0.5) is 0 Å². The molecule has 1 aromatic carbocycles. The predicted molar refractivity (Wildman–Crippen MR) is 81.6 cm³/mol. The van der Waals surface area contributed by atoms with Crippen LogP contribution in [0.2, 0.25) is 0 Å². The van der Waals surface area contributed by atoms with Gasteiger partial charge in [-0.25, -0.2) is 0 Å². The van der Waals surface area contributed by atoms with E-state index in [0.29, 0.717) is 4.83 Å². The Morgan fingerprint density at radius 3 is 2.33 bits per heavy atom. The molecule has 0 spiro atoms. The molecule has 0 aliphatic carbocycles. The number of alkyl halides is 1. The Hall–Kier alpha value is -0.630. The number of hydrogen-bond acceptors (Lipinski definition) is 1. The molecule has 0 aliphatic heterocycles. The van der Waals surface area contributed by atoms with E-state index in [0.717, 1.165) is 12.0 Å². The van der Waals surface area contributed by atoms with Gasteiger partial charge in [-0.05, 0) is 38.2 Å². The molecule has 0 radical (unpaired) electrons. The summed E-state index contributed by atoms with van der Waals surface area (Å²) in [5.41, 5.74) is 2.13. The van der Waals surface area contributed by atoms with Gasteiger partial charge in [0.25, 0.3) is 0 Å². The Kier molecular flexibility index (Phi) is 7.26. The Morgan fingerprint density at radius 1 is 1.17 bits per heavy atom. The average molecular weight is 311 g/mol. The molecule has 1 aromatic rings. The first-order chi connectivity index (χ1) is 8.63. The summed E-state index contributed by atoms with van der Waals surface area (Å²) in [5.74, 6) is 0.140. The van der Waals surface area contributed by atoms with Gasteiger partial charge in [0.2, 0.25) is 0 Å². The van der Waals surface area contributed by atoms with Crippen LogP contribution in [-0.4, -0.2) is 10.6 Å². The zero-order chi connectivity index (χ0) is 13.4. The number of rotatable bonds is 8. The number of benzene rings is 1. The normalized spacial score (nSPS) is 12.4. The largest absolute Gasteiger partial charge is 0.295 e. The molecule has 0 saturated heterocycles. The number of hydrogen-bond donors (Lipinski definition) is 0. The van der Waals surface area contributed by atoms with E-state index in [1.807, 2.05) is 12.1 Å². The second kappa shape index (κ2) is 8.47. The molecule has 0 heterocycles. The van der Waals surface area contributed by atoms with Gasteiger partial charge in [0.1, 0.15) is 0 Å². The quantitative estimate of drug-likeness (QED) is 0.478. The molecule has 0 amide bonds. The fourth-order valence-electron chi connectivity index (χ4n) is 2.00. The summed E-state index contributed by atoms with van der Waals surface area (Å²) in [6.45, 7) is 3.84. The SMILES string of the molecule is CCCCC(Br)CCCc1ccc(C(C)=O)cc1. The lowest BCUT2D eigenvalue weighted by atomic mass is 10.0. The van der Waals surface area contributed by atoms with Crippen LogP contribution in [0.25, 0.3) is 0 Å². The molecule has 1 nitrogen and oxygen atoms in total. The molecule has 0 aromatic heterocycles. The third-order valence-corrected chi connectivity index (χ3v) is 4.13. The summed E-state index contributed by atoms with van der Waals surface area (Å²) in [6.07, 6.45) is 7.40. The fourth-order valence-corrected chi connectivity index (χ4v) is 2.65. The zero-order valence-electron chi connectivity index (χ0n) is 11.4. The average Bonchev–Trinajstić information content (AvgIpc) is 2.37. The Balaban J connectivity index is 2.29. The smallest absolute Gasteiger partial charge is 0.159 e. The van der Waals surface area contributed by atoms with Crippen molar-refractivity contribution in [2.24, 2.45) is 0 Å². The Morgan fingerprint density at radius 2 is 1.78 bits per heavy atom. The second-order valence-electron chi connectivity index (χ2n) is 4.88. The first-order valence-corrected chi connectivity index (χ1v) is 7.79. The first kappa shape index (κ1) is 15.4. The molecular formula is C16H23BrO. The molecule has 0 saturated carbocycles. The molecule has 0 fully saturated rings. The minimum absolute atomic E-state index is 0.140. The van der Waals surface area contributed by atoms with Crippen molar-refractivity contribution in [2.75, 3.05) is 0 Å². The Labute approximate surface area is 119 Å². The monoisotopic (exact) mass is 310 g/mol. The molecule has 100 valence electrons. The number of Topliss-reactive ketones (excluding diaryl/α,β-unsaturated/α-hetero) is 1. The van der Waals surface area contributed by atoms with E-state index in [1.54, 1.807) is 6.92 Å². The summed E-state index contributed by atoms with van der Waals surface area (Å²) in [6, 6.07) is 8.01. The number of halogens is 1. The highest BCUT2D eigenvalue weighted by atomic mass is 79.9. The van der Waals surface area contributed by atoms with Gasteiger partial charge >= 0.3 is 0 Å². The van der Waals surface area contributed by atoms with E-state index in [-0.39, 0.29) is 5.78 Å². The molecule has 0 N–H and O–H groups in total. The third kappa shape index (κ3) is 5.81. The summed E-state index contributed by atoms with van der Waals surface area (Å²) in [4.78, 5) is 11.8. The molecule has 1 rings (SSSR count). The van der Waals surface area contributed by atoms with Crippen molar-refractivity contribution in [1.29, 1.82) is 0 Å². The van der Waals surface area contributed by atoms with Gasteiger partial charge in [-0.3, -0.25) is 4.79 Å². The standard InChI is InChI=1S/C16H23BrO/c1-3-4-7-16(17)8-5-6-14-9-11-15(12-10-14)13(2)18/h9-12,16H,3-8H2,1-2H3. The summed E-state index contributed by atoms with van der Waals surface area (Å²) >= 11 is 3.74. The van der Waals surface area contributed by atoms with E-state index in [9.17, 15) is 4.79 Å². The van der Waals surface area contributed by atoms with Gasteiger partial charge in [-0.15, -0.1) is 0 Å². The first-order valence-electron chi connectivity index (χ1n) is 6.87. The van der Waals surface area contributed by atoms with Crippen molar-refractivity contribution in [3.05, 3.63) is 35.4 Å². The molecule has 0 bridgehead atoms. The highest BCUT2D eigenvalue weighted by molar-refractivity contribution is 9.09. The molecule has 0 aliphatic rings.